The second kappa shape index (κ2) is 8.06. The van der Waals surface area contributed by atoms with Crippen LogP contribution < -0.4 is 15.9 Å². The summed E-state index contributed by atoms with van der Waals surface area (Å²) in [6.07, 6.45) is 1.69. The van der Waals surface area contributed by atoms with E-state index in [-0.39, 0.29) is 5.11 Å². The van der Waals surface area contributed by atoms with Crippen LogP contribution in [0.4, 0.5) is 0 Å². The van der Waals surface area contributed by atoms with Crippen LogP contribution in [0.25, 0.3) is 21.5 Å². The maximum atomic E-state index is 6.21. The lowest BCUT2D eigenvalue weighted by molar-refractivity contribution is 0.307. The molecule has 0 fully saturated rings. The van der Waals surface area contributed by atoms with Gasteiger partial charge in [0, 0.05) is 5.56 Å². The maximum absolute atomic E-state index is 6.21. The summed E-state index contributed by atoms with van der Waals surface area (Å²) in [5.41, 5.74) is 10.1. The number of benzene rings is 4. The van der Waals surface area contributed by atoms with E-state index in [1.807, 2.05) is 42.5 Å². The molecule has 0 aliphatic rings. The van der Waals surface area contributed by atoms with Gasteiger partial charge in [0.25, 0.3) is 0 Å². The Kier molecular flexibility index (Phi) is 5.17. The van der Waals surface area contributed by atoms with Crippen molar-refractivity contribution in [2.75, 3.05) is 0 Å². The van der Waals surface area contributed by atoms with Gasteiger partial charge in [-0.25, -0.2) is 0 Å². The quantitative estimate of drug-likeness (QED) is 0.296. The number of thiocarbonyl (C=S) groups is 1. The number of nitrogens with one attached hydrogen (secondary N) is 1. The number of hydrogen-bond donors (Lipinski definition) is 2. The summed E-state index contributed by atoms with van der Waals surface area (Å²) in [4.78, 5) is 0. The number of nitrogens with zero attached hydrogens (tertiary/aromatic N) is 1. The Morgan fingerprint density at radius 3 is 2.36 bits per heavy atom. The van der Waals surface area contributed by atoms with Crippen molar-refractivity contribution in [2.45, 2.75) is 6.61 Å². The standard InChI is InChI=1S/C23H19N3OS/c24-23(28)26-25-14-21-20-11-4-2-7-17(20)12-13-22(21)27-15-18-9-5-8-16-6-1-3-10-19(16)18/h1-14H,15H2,(H3,24,26,28)/b25-14-. The molecule has 138 valence electrons. The minimum Gasteiger partial charge on any atom is -0.488 e. The van der Waals surface area contributed by atoms with Gasteiger partial charge in [-0.05, 0) is 45.4 Å². The van der Waals surface area contributed by atoms with Gasteiger partial charge in [-0.15, -0.1) is 0 Å². The van der Waals surface area contributed by atoms with Gasteiger partial charge in [0.2, 0.25) is 0 Å². The van der Waals surface area contributed by atoms with Crippen molar-refractivity contribution in [3.05, 3.63) is 90.0 Å². The third-order valence-corrected chi connectivity index (χ3v) is 4.65. The SMILES string of the molecule is NC(=S)N/N=C\c1c(OCc2cccc3ccccc23)ccc2ccccc12. The fourth-order valence-corrected chi connectivity index (χ4v) is 3.32. The molecule has 4 aromatic carbocycles. The fourth-order valence-electron chi connectivity index (χ4n) is 3.27. The Morgan fingerprint density at radius 2 is 1.57 bits per heavy atom. The topological polar surface area (TPSA) is 59.6 Å². The summed E-state index contributed by atoms with van der Waals surface area (Å²) in [6, 6.07) is 26.7. The second-order valence-electron chi connectivity index (χ2n) is 6.36. The largest absolute Gasteiger partial charge is 0.488 e. The minimum absolute atomic E-state index is 0.120. The molecule has 4 nitrogen and oxygen atoms in total. The van der Waals surface area contributed by atoms with E-state index in [2.05, 4.69) is 46.9 Å². The van der Waals surface area contributed by atoms with Gasteiger partial charge in [0.1, 0.15) is 12.4 Å². The van der Waals surface area contributed by atoms with Crippen LogP contribution in [0, 0.1) is 0 Å². The lowest BCUT2D eigenvalue weighted by atomic mass is 10.0. The summed E-state index contributed by atoms with van der Waals surface area (Å²) in [5.74, 6) is 0.750. The highest BCUT2D eigenvalue weighted by molar-refractivity contribution is 7.80. The summed E-state index contributed by atoms with van der Waals surface area (Å²) in [5, 5.41) is 8.80. The van der Waals surface area contributed by atoms with Gasteiger partial charge in [-0.2, -0.15) is 5.10 Å². The molecule has 4 rings (SSSR count). The molecule has 5 heteroatoms. The van der Waals surface area contributed by atoms with Gasteiger partial charge in [-0.1, -0.05) is 72.8 Å². The number of nitrogens with two attached hydrogens (primary N) is 1. The molecule has 0 aromatic heterocycles. The molecule has 4 aromatic rings. The third-order valence-electron chi connectivity index (χ3n) is 4.56. The molecular formula is C23H19N3OS. The van der Waals surface area contributed by atoms with Crippen LogP contribution in [0.15, 0.2) is 84.0 Å². The van der Waals surface area contributed by atoms with Crippen molar-refractivity contribution in [3.63, 3.8) is 0 Å². The smallest absolute Gasteiger partial charge is 0.184 e. The minimum atomic E-state index is 0.120. The molecule has 0 saturated carbocycles. The van der Waals surface area contributed by atoms with Crippen molar-refractivity contribution in [2.24, 2.45) is 10.8 Å². The van der Waals surface area contributed by atoms with Gasteiger partial charge < -0.3 is 10.5 Å². The molecule has 0 saturated heterocycles. The summed E-state index contributed by atoms with van der Waals surface area (Å²) >= 11 is 4.82. The lowest BCUT2D eigenvalue weighted by Crippen LogP contribution is -2.24. The first-order chi connectivity index (χ1) is 13.7. The molecule has 0 aliphatic heterocycles. The zero-order valence-electron chi connectivity index (χ0n) is 15.1. The van der Waals surface area contributed by atoms with Crippen LogP contribution in [0.5, 0.6) is 5.75 Å². The Bertz CT molecular complexity index is 1180. The molecule has 0 aliphatic carbocycles. The molecule has 0 unspecified atom stereocenters. The zero-order chi connectivity index (χ0) is 19.3. The van der Waals surface area contributed by atoms with E-state index in [1.165, 1.54) is 10.8 Å². The van der Waals surface area contributed by atoms with Gasteiger partial charge in [0.05, 0.1) is 6.21 Å². The molecule has 0 heterocycles. The first-order valence-corrected chi connectivity index (χ1v) is 9.33. The van der Waals surface area contributed by atoms with Crippen LogP contribution in [0.1, 0.15) is 11.1 Å². The highest BCUT2D eigenvalue weighted by atomic mass is 32.1. The number of hydrazone groups is 1. The van der Waals surface area contributed by atoms with E-state index in [0.29, 0.717) is 6.61 Å². The van der Waals surface area contributed by atoms with Crippen LogP contribution in [-0.4, -0.2) is 11.3 Å². The molecule has 28 heavy (non-hydrogen) atoms. The highest BCUT2D eigenvalue weighted by Crippen LogP contribution is 2.28. The predicted octanol–water partition coefficient (Wildman–Crippen LogP) is 4.74. The zero-order valence-corrected chi connectivity index (χ0v) is 15.9. The molecule has 0 bridgehead atoms. The van der Waals surface area contributed by atoms with Crippen LogP contribution in [0.2, 0.25) is 0 Å². The molecule has 0 radical (unpaired) electrons. The first kappa shape index (κ1) is 17.9. The number of fused-ring (bicyclic) bond motifs is 2. The van der Waals surface area contributed by atoms with Crippen molar-refractivity contribution in [3.8, 4) is 5.75 Å². The Morgan fingerprint density at radius 1 is 0.893 bits per heavy atom. The highest BCUT2D eigenvalue weighted by Gasteiger charge is 2.09. The summed E-state index contributed by atoms with van der Waals surface area (Å²) in [7, 11) is 0. The van der Waals surface area contributed by atoms with Crippen LogP contribution in [0.3, 0.4) is 0 Å². The first-order valence-electron chi connectivity index (χ1n) is 8.92. The average molecular weight is 385 g/mol. The predicted molar refractivity (Wildman–Crippen MR) is 120 cm³/mol. The van der Waals surface area contributed by atoms with Gasteiger partial charge >= 0.3 is 0 Å². The van der Waals surface area contributed by atoms with E-state index >= 15 is 0 Å². The third kappa shape index (κ3) is 3.80. The molecule has 0 spiro atoms. The molecule has 0 atom stereocenters. The van der Waals surface area contributed by atoms with Crippen molar-refractivity contribution in [1.29, 1.82) is 0 Å². The van der Waals surface area contributed by atoms with Crippen molar-refractivity contribution in [1.82, 2.24) is 5.43 Å². The number of ether oxygens (including phenoxy) is 1. The van der Waals surface area contributed by atoms with E-state index < -0.39 is 0 Å². The number of hydrogen-bond acceptors (Lipinski definition) is 3. The fraction of sp³-hybridized carbons (Fsp3) is 0.0435. The second-order valence-corrected chi connectivity index (χ2v) is 6.80. The van der Waals surface area contributed by atoms with Crippen LogP contribution >= 0.6 is 12.2 Å². The van der Waals surface area contributed by atoms with Gasteiger partial charge in [-0.3, -0.25) is 5.43 Å². The molecular weight excluding hydrogens is 366 g/mol. The Balaban J connectivity index is 1.69. The average Bonchev–Trinajstić information content (AvgIpc) is 2.72. The summed E-state index contributed by atoms with van der Waals surface area (Å²) < 4.78 is 6.21. The number of rotatable bonds is 5. The summed E-state index contributed by atoms with van der Waals surface area (Å²) in [6.45, 7) is 0.462. The Labute approximate surface area is 168 Å². The van der Waals surface area contributed by atoms with Crippen molar-refractivity contribution < 1.29 is 4.74 Å². The van der Waals surface area contributed by atoms with Gasteiger partial charge in [0.15, 0.2) is 5.11 Å². The lowest BCUT2D eigenvalue weighted by Gasteiger charge is -2.13. The molecule has 0 amide bonds. The van der Waals surface area contributed by atoms with E-state index in [4.69, 9.17) is 22.7 Å². The maximum Gasteiger partial charge on any atom is 0.184 e. The van der Waals surface area contributed by atoms with Crippen molar-refractivity contribution >= 4 is 45.1 Å². The Hall–Kier alpha value is -3.44. The van der Waals surface area contributed by atoms with Crippen LogP contribution in [-0.2, 0) is 6.61 Å². The normalized spacial score (nSPS) is 11.1. The monoisotopic (exact) mass is 385 g/mol. The van der Waals surface area contributed by atoms with E-state index in [9.17, 15) is 0 Å². The van der Waals surface area contributed by atoms with E-state index in [1.54, 1.807) is 6.21 Å². The van der Waals surface area contributed by atoms with E-state index in [0.717, 1.165) is 27.6 Å². The molecule has 3 N–H and O–H groups in total.